The van der Waals surface area contributed by atoms with Gasteiger partial charge in [0, 0.05) is 18.8 Å². The zero-order valence-electron chi connectivity index (χ0n) is 11.0. The summed E-state index contributed by atoms with van der Waals surface area (Å²) in [6.45, 7) is 0. The summed E-state index contributed by atoms with van der Waals surface area (Å²) in [6, 6.07) is 8.84. The lowest BCUT2D eigenvalue weighted by Gasteiger charge is -2.23. The predicted molar refractivity (Wildman–Crippen MR) is 74.7 cm³/mol. The third-order valence-electron chi connectivity index (χ3n) is 3.57. The molecule has 1 aromatic rings. The van der Waals surface area contributed by atoms with Crippen LogP contribution in [0.3, 0.4) is 0 Å². The van der Waals surface area contributed by atoms with E-state index in [4.69, 9.17) is 0 Å². The van der Waals surface area contributed by atoms with E-state index < -0.39 is 0 Å². The van der Waals surface area contributed by atoms with Crippen molar-refractivity contribution in [3.05, 3.63) is 29.8 Å². The van der Waals surface area contributed by atoms with Gasteiger partial charge in [-0.05, 0) is 30.5 Å². The minimum atomic E-state index is 0.0583. The Hall–Kier alpha value is -1.51. The van der Waals surface area contributed by atoms with Crippen molar-refractivity contribution in [1.29, 1.82) is 0 Å². The molecular weight excluding hydrogens is 224 g/mol. The summed E-state index contributed by atoms with van der Waals surface area (Å²) in [5.41, 5.74) is 2.23. The van der Waals surface area contributed by atoms with E-state index in [2.05, 4.69) is 22.8 Å². The van der Waals surface area contributed by atoms with Gasteiger partial charge in [-0.15, -0.1) is 0 Å². The van der Waals surface area contributed by atoms with Crippen molar-refractivity contribution in [3.8, 4) is 0 Å². The molecule has 0 spiro atoms. The van der Waals surface area contributed by atoms with E-state index in [9.17, 15) is 4.79 Å². The Morgan fingerprint density at radius 3 is 2.44 bits per heavy atom. The number of likely N-dealkylation sites (N-methyl/N-ethyl adjacent to an activating group) is 1. The molecule has 2 N–H and O–H groups in total. The smallest absolute Gasteiger partial charge is 0.224 e. The van der Waals surface area contributed by atoms with E-state index in [1.165, 1.54) is 37.8 Å². The van der Waals surface area contributed by atoms with Crippen LogP contribution >= 0.6 is 0 Å². The van der Waals surface area contributed by atoms with Gasteiger partial charge >= 0.3 is 0 Å². The molecule has 1 aliphatic rings. The second-order valence-electron chi connectivity index (χ2n) is 5.03. The van der Waals surface area contributed by atoms with Crippen LogP contribution in [0.4, 0.5) is 5.69 Å². The number of hydrogen-bond donors (Lipinski definition) is 2. The lowest BCUT2D eigenvalue weighted by Crippen LogP contribution is -2.22. The molecule has 3 heteroatoms. The van der Waals surface area contributed by atoms with E-state index in [1.54, 1.807) is 7.05 Å². The third-order valence-corrected chi connectivity index (χ3v) is 3.57. The molecule has 0 bridgehead atoms. The normalized spacial score (nSPS) is 16.3. The first-order chi connectivity index (χ1) is 8.78. The van der Waals surface area contributed by atoms with Gasteiger partial charge in [0.2, 0.25) is 5.91 Å². The maximum absolute atomic E-state index is 11.3. The van der Waals surface area contributed by atoms with E-state index in [1.807, 2.05) is 12.1 Å². The molecule has 18 heavy (non-hydrogen) atoms. The first-order valence-electron chi connectivity index (χ1n) is 6.84. The minimum absolute atomic E-state index is 0.0583. The monoisotopic (exact) mass is 246 g/mol. The Morgan fingerprint density at radius 2 is 1.83 bits per heavy atom. The van der Waals surface area contributed by atoms with Crippen molar-refractivity contribution in [1.82, 2.24) is 5.32 Å². The highest BCUT2D eigenvalue weighted by Crippen LogP contribution is 2.21. The molecule has 1 fully saturated rings. The van der Waals surface area contributed by atoms with Crippen LogP contribution < -0.4 is 10.6 Å². The molecule has 2 rings (SSSR count). The van der Waals surface area contributed by atoms with Crippen molar-refractivity contribution >= 4 is 11.6 Å². The standard InChI is InChI=1S/C15H22N2O/c1-16-15(18)11-12-7-9-14(10-8-12)17-13-5-3-2-4-6-13/h7-10,13,17H,2-6,11H2,1H3,(H,16,18). The van der Waals surface area contributed by atoms with Crippen LogP contribution in [0.2, 0.25) is 0 Å². The molecular formula is C15H22N2O. The number of amides is 1. The van der Waals surface area contributed by atoms with Crippen LogP contribution in [0.1, 0.15) is 37.7 Å². The number of benzene rings is 1. The van der Waals surface area contributed by atoms with Crippen LogP contribution in [0.15, 0.2) is 24.3 Å². The molecule has 0 saturated heterocycles. The average molecular weight is 246 g/mol. The fourth-order valence-corrected chi connectivity index (χ4v) is 2.48. The first-order valence-corrected chi connectivity index (χ1v) is 6.84. The van der Waals surface area contributed by atoms with Gasteiger partial charge in [0.1, 0.15) is 0 Å². The number of nitrogens with one attached hydrogen (secondary N) is 2. The Balaban J connectivity index is 1.88. The van der Waals surface area contributed by atoms with Crippen molar-refractivity contribution in [2.45, 2.75) is 44.6 Å². The van der Waals surface area contributed by atoms with Gasteiger partial charge in [-0.3, -0.25) is 4.79 Å². The summed E-state index contributed by atoms with van der Waals surface area (Å²) in [7, 11) is 1.67. The number of anilines is 1. The highest BCUT2D eigenvalue weighted by molar-refractivity contribution is 5.78. The Bertz CT molecular complexity index is 380. The summed E-state index contributed by atoms with van der Waals surface area (Å²) in [6.07, 6.45) is 7.07. The van der Waals surface area contributed by atoms with E-state index in [0.717, 1.165) is 5.56 Å². The topological polar surface area (TPSA) is 41.1 Å². The summed E-state index contributed by atoms with van der Waals surface area (Å²) >= 11 is 0. The van der Waals surface area contributed by atoms with Gasteiger partial charge in [0.25, 0.3) is 0 Å². The SMILES string of the molecule is CNC(=O)Cc1ccc(NC2CCCCC2)cc1. The quantitative estimate of drug-likeness (QED) is 0.857. The largest absolute Gasteiger partial charge is 0.382 e. The number of rotatable bonds is 4. The van der Waals surface area contributed by atoms with Crippen LogP contribution in [-0.4, -0.2) is 19.0 Å². The third kappa shape index (κ3) is 3.76. The molecule has 0 radical (unpaired) electrons. The highest BCUT2D eigenvalue weighted by Gasteiger charge is 2.12. The zero-order chi connectivity index (χ0) is 12.8. The lowest BCUT2D eigenvalue weighted by molar-refractivity contribution is -0.119. The summed E-state index contributed by atoms with van der Waals surface area (Å²) in [5, 5.41) is 6.21. The molecule has 0 aromatic heterocycles. The Morgan fingerprint density at radius 1 is 1.17 bits per heavy atom. The Labute approximate surface area is 109 Å². The average Bonchev–Trinajstić information content (AvgIpc) is 2.42. The van der Waals surface area contributed by atoms with Gasteiger partial charge in [-0.1, -0.05) is 31.4 Å². The molecule has 1 saturated carbocycles. The molecule has 3 nitrogen and oxygen atoms in total. The molecule has 0 aliphatic heterocycles. The maximum Gasteiger partial charge on any atom is 0.224 e. The van der Waals surface area contributed by atoms with Crippen LogP contribution in [0.5, 0.6) is 0 Å². The molecule has 0 unspecified atom stereocenters. The van der Waals surface area contributed by atoms with Crippen molar-refractivity contribution < 1.29 is 4.79 Å². The van der Waals surface area contributed by atoms with Crippen molar-refractivity contribution in [2.75, 3.05) is 12.4 Å². The van der Waals surface area contributed by atoms with Gasteiger partial charge in [-0.2, -0.15) is 0 Å². The fraction of sp³-hybridized carbons (Fsp3) is 0.533. The minimum Gasteiger partial charge on any atom is -0.382 e. The number of hydrogen-bond acceptors (Lipinski definition) is 2. The van der Waals surface area contributed by atoms with Gasteiger partial charge in [0.15, 0.2) is 0 Å². The van der Waals surface area contributed by atoms with Crippen molar-refractivity contribution in [2.24, 2.45) is 0 Å². The Kier molecular flexibility index (Phi) is 4.62. The van der Waals surface area contributed by atoms with Gasteiger partial charge in [-0.25, -0.2) is 0 Å². The second kappa shape index (κ2) is 6.43. The van der Waals surface area contributed by atoms with Crippen LogP contribution in [0, 0.1) is 0 Å². The molecule has 1 amide bonds. The number of carbonyl (C=O) groups excluding carboxylic acids is 1. The van der Waals surface area contributed by atoms with E-state index in [-0.39, 0.29) is 5.91 Å². The molecule has 0 atom stereocenters. The van der Waals surface area contributed by atoms with E-state index >= 15 is 0 Å². The molecule has 0 heterocycles. The highest BCUT2D eigenvalue weighted by atomic mass is 16.1. The summed E-state index contributed by atoms with van der Waals surface area (Å²) < 4.78 is 0. The second-order valence-corrected chi connectivity index (χ2v) is 5.03. The lowest BCUT2D eigenvalue weighted by atomic mass is 9.95. The molecule has 1 aliphatic carbocycles. The van der Waals surface area contributed by atoms with Gasteiger partial charge in [0.05, 0.1) is 6.42 Å². The summed E-state index contributed by atoms with van der Waals surface area (Å²) in [5.74, 6) is 0.0583. The molecule has 1 aromatic carbocycles. The molecule has 98 valence electrons. The summed E-state index contributed by atoms with van der Waals surface area (Å²) in [4.78, 5) is 11.3. The van der Waals surface area contributed by atoms with Crippen molar-refractivity contribution in [3.63, 3.8) is 0 Å². The maximum atomic E-state index is 11.3. The predicted octanol–water partition coefficient (Wildman–Crippen LogP) is 2.72. The fourth-order valence-electron chi connectivity index (χ4n) is 2.48. The van der Waals surface area contributed by atoms with Crippen LogP contribution in [-0.2, 0) is 11.2 Å². The van der Waals surface area contributed by atoms with Crippen LogP contribution in [0.25, 0.3) is 0 Å². The van der Waals surface area contributed by atoms with E-state index in [0.29, 0.717) is 12.5 Å². The number of carbonyl (C=O) groups is 1. The first kappa shape index (κ1) is 12.9. The zero-order valence-corrected chi connectivity index (χ0v) is 11.0. The van der Waals surface area contributed by atoms with Gasteiger partial charge < -0.3 is 10.6 Å².